The van der Waals surface area contributed by atoms with Gasteiger partial charge in [0.2, 0.25) is 10.0 Å². The Balaban J connectivity index is 2.50. The van der Waals surface area contributed by atoms with Crippen LogP contribution in [0.5, 0.6) is 0 Å². The molecule has 9 heteroatoms. The second kappa shape index (κ2) is 5.34. The molecule has 1 aromatic heterocycles. The third-order valence-electron chi connectivity index (χ3n) is 3.28. The molecule has 114 valence electrons. The Bertz CT molecular complexity index is 836. The first-order valence-electron chi connectivity index (χ1n) is 6.20. The predicted octanol–water partition coefficient (Wildman–Crippen LogP) is 0.340. The van der Waals surface area contributed by atoms with Crippen LogP contribution in [0.3, 0.4) is 0 Å². The summed E-state index contributed by atoms with van der Waals surface area (Å²) in [7, 11) is -2.74. The highest BCUT2D eigenvalue weighted by Crippen LogP contribution is 2.21. The van der Waals surface area contributed by atoms with E-state index in [0.717, 1.165) is 4.31 Å². The van der Waals surface area contributed by atoms with E-state index in [1.165, 1.54) is 25.2 Å². The molecule has 8 nitrogen and oxygen atoms in total. The van der Waals surface area contributed by atoms with E-state index in [2.05, 4.69) is 9.97 Å². The number of carbonyl (C=O) groups is 1. The molecule has 2 aromatic rings. The number of likely N-dealkylation sites (N-methyl/N-ethyl adjacent to an activating group) is 1. The topological polar surface area (TPSA) is 123 Å². The molecule has 1 atom stereocenters. The molecule has 1 heterocycles. The Hall–Kier alpha value is -2.13. The fourth-order valence-corrected chi connectivity index (χ4v) is 3.51. The van der Waals surface area contributed by atoms with Crippen LogP contribution in [-0.2, 0) is 14.8 Å². The highest BCUT2D eigenvalue weighted by atomic mass is 32.2. The Morgan fingerprint density at radius 1 is 1.33 bits per heavy atom. The van der Waals surface area contributed by atoms with Crippen molar-refractivity contribution in [2.75, 3.05) is 7.05 Å². The zero-order chi connectivity index (χ0) is 15.8. The van der Waals surface area contributed by atoms with Crippen LogP contribution in [0.15, 0.2) is 27.9 Å². The molecular formula is C12H15N3O5S. The van der Waals surface area contributed by atoms with Crippen molar-refractivity contribution < 1.29 is 18.3 Å². The zero-order valence-electron chi connectivity index (χ0n) is 11.5. The van der Waals surface area contributed by atoms with E-state index in [0.29, 0.717) is 11.0 Å². The SMILES string of the molecule is CCC(C(=O)O)N(C)S(=O)(=O)c1ccc2[nH]c(=O)[nH]c2c1. The van der Waals surface area contributed by atoms with E-state index in [9.17, 15) is 18.0 Å². The Morgan fingerprint density at radius 2 is 1.95 bits per heavy atom. The van der Waals surface area contributed by atoms with Gasteiger partial charge in [0.05, 0.1) is 15.9 Å². The van der Waals surface area contributed by atoms with Gasteiger partial charge in [-0.1, -0.05) is 6.92 Å². The molecule has 1 aromatic carbocycles. The minimum absolute atomic E-state index is 0.0764. The average molecular weight is 313 g/mol. The first-order valence-corrected chi connectivity index (χ1v) is 7.64. The van der Waals surface area contributed by atoms with Crippen molar-refractivity contribution in [2.45, 2.75) is 24.3 Å². The number of hydrogen-bond donors (Lipinski definition) is 3. The number of aromatic nitrogens is 2. The van der Waals surface area contributed by atoms with E-state index in [1.54, 1.807) is 6.92 Å². The van der Waals surface area contributed by atoms with Crippen LogP contribution in [-0.4, -0.2) is 46.9 Å². The molecule has 21 heavy (non-hydrogen) atoms. The summed E-state index contributed by atoms with van der Waals surface area (Å²) < 4.78 is 25.7. The van der Waals surface area contributed by atoms with Gasteiger partial charge >= 0.3 is 11.7 Å². The van der Waals surface area contributed by atoms with Gasteiger partial charge in [-0.2, -0.15) is 4.31 Å². The largest absolute Gasteiger partial charge is 0.480 e. The minimum Gasteiger partial charge on any atom is -0.480 e. The second-order valence-corrected chi connectivity index (χ2v) is 6.57. The molecule has 0 amide bonds. The maximum atomic E-state index is 12.4. The highest BCUT2D eigenvalue weighted by molar-refractivity contribution is 7.89. The van der Waals surface area contributed by atoms with Gasteiger partial charge in [0, 0.05) is 7.05 Å². The molecule has 0 saturated heterocycles. The maximum absolute atomic E-state index is 12.4. The molecule has 0 aliphatic carbocycles. The maximum Gasteiger partial charge on any atom is 0.323 e. The molecule has 0 fully saturated rings. The van der Waals surface area contributed by atoms with Crippen molar-refractivity contribution in [1.82, 2.24) is 14.3 Å². The smallest absolute Gasteiger partial charge is 0.323 e. The molecular weight excluding hydrogens is 298 g/mol. The van der Waals surface area contributed by atoms with Gasteiger partial charge in [-0.05, 0) is 24.6 Å². The van der Waals surface area contributed by atoms with Gasteiger partial charge in [-0.25, -0.2) is 13.2 Å². The van der Waals surface area contributed by atoms with Crippen LogP contribution < -0.4 is 5.69 Å². The number of imidazole rings is 1. The van der Waals surface area contributed by atoms with E-state index in [1.807, 2.05) is 0 Å². The summed E-state index contributed by atoms with van der Waals surface area (Å²) in [6.07, 6.45) is 0.147. The van der Waals surface area contributed by atoms with Gasteiger partial charge in [0.15, 0.2) is 0 Å². The van der Waals surface area contributed by atoms with E-state index in [-0.39, 0.29) is 11.3 Å². The van der Waals surface area contributed by atoms with E-state index < -0.39 is 27.7 Å². The number of benzene rings is 1. The van der Waals surface area contributed by atoms with Crippen molar-refractivity contribution in [3.8, 4) is 0 Å². The number of carboxylic acid groups (broad SMARTS) is 1. The molecule has 1 unspecified atom stereocenters. The van der Waals surface area contributed by atoms with Crippen LogP contribution in [0.4, 0.5) is 0 Å². The molecule has 0 aliphatic rings. The monoisotopic (exact) mass is 313 g/mol. The number of nitrogens with one attached hydrogen (secondary N) is 2. The van der Waals surface area contributed by atoms with E-state index >= 15 is 0 Å². The van der Waals surface area contributed by atoms with Crippen molar-refractivity contribution in [1.29, 1.82) is 0 Å². The highest BCUT2D eigenvalue weighted by Gasteiger charge is 2.31. The molecule has 0 aliphatic heterocycles. The third kappa shape index (κ3) is 2.69. The quantitative estimate of drug-likeness (QED) is 0.734. The number of H-pyrrole nitrogens is 2. The number of fused-ring (bicyclic) bond motifs is 1. The number of sulfonamides is 1. The first-order chi connectivity index (χ1) is 9.77. The number of aliphatic carboxylic acids is 1. The Morgan fingerprint density at radius 3 is 2.52 bits per heavy atom. The van der Waals surface area contributed by atoms with Crippen LogP contribution in [0.2, 0.25) is 0 Å². The number of rotatable bonds is 5. The second-order valence-electron chi connectivity index (χ2n) is 4.57. The summed E-state index contributed by atoms with van der Waals surface area (Å²) in [5, 5.41) is 9.07. The Labute approximate surface area is 120 Å². The van der Waals surface area contributed by atoms with Gasteiger partial charge in [0.25, 0.3) is 0 Å². The van der Waals surface area contributed by atoms with Crippen LogP contribution in [0, 0.1) is 0 Å². The molecule has 0 radical (unpaired) electrons. The van der Waals surface area contributed by atoms with Gasteiger partial charge in [0.1, 0.15) is 6.04 Å². The van der Waals surface area contributed by atoms with Gasteiger partial charge < -0.3 is 15.1 Å². The van der Waals surface area contributed by atoms with Crippen molar-refractivity contribution in [3.05, 3.63) is 28.7 Å². The van der Waals surface area contributed by atoms with Crippen molar-refractivity contribution in [2.24, 2.45) is 0 Å². The lowest BCUT2D eigenvalue weighted by Crippen LogP contribution is -2.41. The summed E-state index contributed by atoms with van der Waals surface area (Å²) >= 11 is 0. The van der Waals surface area contributed by atoms with Crippen LogP contribution >= 0.6 is 0 Å². The summed E-state index contributed by atoms with van der Waals surface area (Å²) in [4.78, 5) is 27.2. The molecule has 0 bridgehead atoms. The third-order valence-corrected chi connectivity index (χ3v) is 5.14. The molecule has 0 saturated carbocycles. The van der Waals surface area contributed by atoms with E-state index in [4.69, 9.17) is 5.11 Å². The van der Waals surface area contributed by atoms with Crippen LogP contribution in [0.1, 0.15) is 13.3 Å². The fourth-order valence-electron chi connectivity index (χ4n) is 2.09. The number of carboxylic acids is 1. The normalized spacial score (nSPS) is 13.7. The lowest BCUT2D eigenvalue weighted by atomic mass is 10.2. The molecule has 0 spiro atoms. The van der Waals surface area contributed by atoms with Gasteiger partial charge in [-0.15, -0.1) is 0 Å². The summed E-state index contributed by atoms with van der Waals surface area (Å²) in [6, 6.07) is 2.94. The molecule has 3 N–H and O–H groups in total. The van der Waals surface area contributed by atoms with Crippen molar-refractivity contribution in [3.63, 3.8) is 0 Å². The van der Waals surface area contributed by atoms with Crippen molar-refractivity contribution >= 4 is 27.0 Å². The fraction of sp³-hybridized carbons (Fsp3) is 0.333. The minimum atomic E-state index is -3.96. The average Bonchev–Trinajstić information content (AvgIpc) is 2.77. The standard InChI is InChI=1S/C12H15N3O5S/c1-3-10(11(16)17)15(2)21(19,20)7-4-5-8-9(6-7)14-12(18)13-8/h4-6,10H,3H2,1-2H3,(H,16,17)(H2,13,14,18). The lowest BCUT2D eigenvalue weighted by molar-refractivity contribution is -0.141. The predicted molar refractivity (Wildman–Crippen MR) is 75.6 cm³/mol. The number of aromatic amines is 2. The number of nitrogens with zero attached hydrogens (tertiary/aromatic N) is 1. The summed E-state index contributed by atoms with van der Waals surface area (Å²) in [6.45, 7) is 1.59. The lowest BCUT2D eigenvalue weighted by Gasteiger charge is -2.23. The first kappa shape index (κ1) is 15.3. The number of hydrogen-bond acceptors (Lipinski definition) is 4. The zero-order valence-corrected chi connectivity index (χ0v) is 12.3. The van der Waals surface area contributed by atoms with Crippen LogP contribution in [0.25, 0.3) is 11.0 Å². The molecule has 2 rings (SSSR count). The van der Waals surface area contributed by atoms with Gasteiger partial charge in [-0.3, -0.25) is 4.79 Å². The summed E-state index contributed by atoms with van der Waals surface area (Å²) in [5.74, 6) is -1.21. The summed E-state index contributed by atoms with van der Waals surface area (Å²) in [5.41, 5.74) is 0.384. The Kier molecular flexibility index (Phi) is 3.88.